The summed E-state index contributed by atoms with van der Waals surface area (Å²) in [5, 5.41) is 5.14. The van der Waals surface area contributed by atoms with Gasteiger partial charge >= 0.3 is 0 Å². The molecule has 3 aromatic rings. The summed E-state index contributed by atoms with van der Waals surface area (Å²) >= 11 is 6.04. The zero-order valence-electron chi connectivity index (χ0n) is 12.3. The van der Waals surface area contributed by atoms with E-state index in [0.717, 1.165) is 34.4 Å². The van der Waals surface area contributed by atoms with Gasteiger partial charge in [0.15, 0.2) is 0 Å². The Bertz CT molecular complexity index is 908. The van der Waals surface area contributed by atoms with Crippen molar-refractivity contribution in [1.29, 1.82) is 0 Å². The van der Waals surface area contributed by atoms with Crippen molar-refractivity contribution in [2.24, 2.45) is 4.99 Å². The smallest absolute Gasteiger partial charge is 0.216 e. The summed E-state index contributed by atoms with van der Waals surface area (Å²) in [6.07, 6.45) is 1.77. The SMILES string of the molecule is Clc1ccc2c(Nc3cccc(C4=NCCO4)c3)ccnc2c1. The molecule has 4 nitrogen and oxygen atoms in total. The number of rotatable bonds is 3. The Labute approximate surface area is 138 Å². The highest BCUT2D eigenvalue weighted by molar-refractivity contribution is 6.31. The zero-order chi connectivity index (χ0) is 15.6. The third-order valence-corrected chi connectivity index (χ3v) is 3.91. The molecule has 0 amide bonds. The number of hydrogen-bond acceptors (Lipinski definition) is 4. The van der Waals surface area contributed by atoms with Crippen molar-refractivity contribution in [2.45, 2.75) is 0 Å². The number of nitrogens with zero attached hydrogens (tertiary/aromatic N) is 2. The predicted molar refractivity (Wildman–Crippen MR) is 93.8 cm³/mol. The first-order valence-electron chi connectivity index (χ1n) is 7.38. The Balaban J connectivity index is 1.69. The van der Waals surface area contributed by atoms with E-state index in [9.17, 15) is 0 Å². The van der Waals surface area contributed by atoms with E-state index in [1.807, 2.05) is 48.5 Å². The molecule has 0 saturated carbocycles. The Morgan fingerprint density at radius 1 is 1.09 bits per heavy atom. The summed E-state index contributed by atoms with van der Waals surface area (Å²) in [5.41, 5.74) is 3.80. The predicted octanol–water partition coefficient (Wildman–Crippen LogP) is 4.41. The van der Waals surface area contributed by atoms with Gasteiger partial charge in [0.05, 0.1) is 12.1 Å². The first-order chi connectivity index (χ1) is 11.3. The largest absolute Gasteiger partial charge is 0.476 e. The van der Waals surface area contributed by atoms with Gasteiger partial charge < -0.3 is 10.1 Å². The van der Waals surface area contributed by atoms with Crippen LogP contribution in [0.15, 0.2) is 59.7 Å². The molecule has 114 valence electrons. The highest BCUT2D eigenvalue weighted by Gasteiger charge is 2.11. The van der Waals surface area contributed by atoms with Crippen molar-refractivity contribution in [3.05, 3.63) is 65.3 Å². The number of benzene rings is 2. The molecule has 1 N–H and O–H groups in total. The Kier molecular flexibility index (Phi) is 3.60. The topological polar surface area (TPSA) is 46.5 Å². The van der Waals surface area contributed by atoms with Crippen LogP contribution < -0.4 is 5.32 Å². The fourth-order valence-corrected chi connectivity index (χ4v) is 2.79. The monoisotopic (exact) mass is 323 g/mol. The van der Waals surface area contributed by atoms with Crippen LogP contribution in [0, 0.1) is 0 Å². The summed E-state index contributed by atoms with van der Waals surface area (Å²) in [6.45, 7) is 1.38. The van der Waals surface area contributed by atoms with Crippen LogP contribution in [0.3, 0.4) is 0 Å². The average Bonchev–Trinajstić information content (AvgIpc) is 3.09. The zero-order valence-corrected chi connectivity index (χ0v) is 13.0. The van der Waals surface area contributed by atoms with E-state index in [-0.39, 0.29) is 0 Å². The van der Waals surface area contributed by atoms with E-state index in [0.29, 0.717) is 17.5 Å². The van der Waals surface area contributed by atoms with Crippen LogP contribution in [-0.4, -0.2) is 24.0 Å². The van der Waals surface area contributed by atoms with Gasteiger partial charge in [-0.25, -0.2) is 4.99 Å². The quantitative estimate of drug-likeness (QED) is 0.776. The van der Waals surface area contributed by atoms with Gasteiger partial charge in [0.25, 0.3) is 0 Å². The van der Waals surface area contributed by atoms with Crippen LogP contribution in [0.2, 0.25) is 5.02 Å². The van der Waals surface area contributed by atoms with Gasteiger partial charge in [-0.3, -0.25) is 4.98 Å². The normalized spacial score (nSPS) is 13.7. The number of anilines is 2. The van der Waals surface area contributed by atoms with Gasteiger partial charge in [0.1, 0.15) is 6.61 Å². The van der Waals surface area contributed by atoms with Gasteiger partial charge in [-0.1, -0.05) is 17.7 Å². The van der Waals surface area contributed by atoms with Crippen molar-refractivity contribution < 1.29 is 4.74 Å². The maximum atomic E-state index is 6.04. The number of ether oxygens (including phenoxy) is 1. The molecule has 0 spiro atoms. The Hall–Kier alpha value is -2.59. The number of aromatic nitrogens is 1. The Morgan fingerprint density at radius 2 is 2.04 bits per heavy atom. The van der Waals surface area contributed by atoms with Gasteiger partial charge in [-0.15, -0.1) is 0 Å². The molecule has 2 aromatic carbocycles. The molecule has 1 aliphatic heterocycles. The second kappa shape index (κ2) is 5.89. The minimum Gasteiger partial charge on any atom is -0.476 e. The number of pyridine rings is 1. The standard InChI is InChI=1S/C18H14ClN3O/c19-13-4-5-15-16(6-7-20-17(15)11-13)22-14-3-1-2-12(10-14)18-21-8-9-23-18/h1-7,10-11H,8-9H2,(H,20,22). The lowest BCUT2D eigenvalue weighted by molar-refractivity contribution is 0.348. The van der Waals surface area contributed by atoms with Crippen LogP contribution >= 0.6 is 11.6 Å². The maximum absolute atomic E-state index is 6.04. The number of fused-ring (bicyclic) bond motifs is 1. The molecule has 0 saturated heterocycles. The first kappa shape index (κ1) is 14.0. The molecule has 0 radical (unpaired) electrons. The summed E-state index contributed by atoms with van der Waals surface area (Å²) in [7, 11) is 0. The molecule has 1 aliphatic rings. The molecule has 5 heteroatoms. The van der Waals surface area contributed by atoms with Crippen molar-refractivity contribution in [1.82, 2.24) is 4.98 Å². The molecule has 0 atom stereocenters. The minimum atomic E-state index is 0.655. The lowest BCUT2D eigenvalue weighted by atomic mass is 10.1. The lowest BCUT2D eigenvalue weighted by Gasteiger charge is -2.11. The second-order valence-corrected chi connectivity index (χ2v) is 5.70. The van der Waals surface area contributed by atoms with E-state index >= 15 is 0 Å². The number of nitrogens with one attached hydrogen (secondary N) is 1. The molecule has 2 heterocycles. The summed E-state index contributed by atoms with van der Waals surface area (Å²) in [6, 6.07) is 15.7. The number of halogens is 1. The molecule has 0 aliphatic carbocycles. The second-order valence-electron chi connectivity index (χ2n) is 5.26. The van der Waals surface area contributed by atoms with Gasteiger partial charge in [-0.2, -0.15) is 0 Å². The van der Waals surface area contributed by atoms with Crippen molar-refractivity contribution in [2.75, 3.05) is 18.5 Å². The van der Waals surface area contributed by atoms with Crippen LogP contribution in [0.1, 0.15) is 5.56 Å². The summed E-state index contributed by atoms with van der Waals surface area (Å²) in [4.78, 5) is 8.72. The van der Waals surface area contributed by atoms with Gasteiger partial charge in [0.2, 0.25) is 5.90 Å². The van der Waals surface area contributed by atoms with Crippen LogP contribution in [0.25, 0.3) is 10.9 Å². The summed E-state index contributed by atoms with van der Waals surface area (Å²) in [5.74, 6) is 0.708. The lowest BCUT2D eigenvalue weighted by Crippen LogP contribution is -2.02. The average molecular weight is 324 g/mol. The van der Waals surface area contributed by atoms with Crippen LogP contribution in [0.4, 0.5) is 11.4 Å². The van der Waals surface area contributed by atoms with Crippen molar-refractivity contribution in [3.8, 4) is 0 Å². The minimum absolute atomic E-state index is 0.655. The van der Waals surface area contributed by atoms with E-state index in [4.69, 9.17) is 16.3 Å². The van der Waals surface area contributed by atoms with E-state index < -0.39 is 0 Å². The molecule has 1 aromatic heterocycles. The number of aliphatic imine (C=N–C) groups is 1. The van der Waals surface area contributed by atoms with Crippen molar-refractivity contribution >= 4 is 39.8 Å². The maximum Gasteiger partial charge on any atom is 0.216 e. The molecule has 0 fully saturated rings. The molecule has 4 rings (SSSR count). The fraction of sp³-hybridized carbons (Fsp3) is 0.111. The van der Waals surface area contributed by atoms with E-state index in [2.05, 4.69) is 15.3 Å². The molecular weight excluding hydrogens is 310 g/mol. The third kappa shape index (κ3) is 2.85. The van der Waals surface area contributed by atoms with Crippen LogP contribution in [0.5, 0.6) is 0 Å². The Morgan fingerprint density at radius 3 is 2.91 bits per heavy atom. The highest BCUT2D eigenvalue weighted by atomic mass is 35.5. The molecule has 0 bridgehead atoms. The molecular formula is C18H14ClN3O. The van der Waals surface area contributed by atoms with Gasteiger partial charge in [0, 0.05) is 33.5 Å². The van der Waals surface area contributed by atoms with E-state index in [1.54, 1.807) is 6.20 Å². The molecule has 0 unspecified atom stereocenters. The molecule has 23 heavy (non-hydrogen) atoms. The van der Waals surface area contributed by atoms with Crippen molar-refractivity contribution in [3.63, 3.8) is 0 Å². The summed E-state index contributed by atoms with van der Waals surface area (Å²) < 4.78 is 5.53. The fourth-order valence-electron chi connectivity index (χ4n) is 2.63. The van der Waals surface area contributed by atoms with Crippen LogP contribution in [-0.2, 0) is 4.74 Å². The van der Waals surface area contributed by atoms with E-state index in [1.165, 1.54) is 0 Å². The highest BCUT2D eigenvalue weighted by Crippen LogP contribution is 2.27. The first-order valence-corrected chi connectivity index (χ1v) is 7.76. The number of hydrogen-bond donors (Lipinski definition) is 1. The van der Waals surface area contributed by atoms with Gasteiger partial charge in [-0.05, 0) is 42.5 Å². The third-order valence-electron chi connectivity index (χ3n) is 3.68.